The van der Waals surface area contributed by atoms with Gasteiger partial charge in [-0.05, 0) is 74.3 Å². The lowest BCUT2D eigenvalue weighted by molar-refractivity contribution is -0.121. The number of nitrogens with one attached hydrogen (secondary N) is 2. The van der Waals surface area contributed by atoms with Gasteiger partial charge >= 0.3 is 6.09 Å². The molecule has 2 unspecified atom stereocenters. The Morgan fingerprint density at radius 2 is 1.78 bits per heavy atom. The van der Waals surface area contributed by atoms with Crippen LogP contribution in [0.5, 0.6) is 0 Å². The summed E-state index contributed by atoms with van der Waals surface area (Å²) in [5.41, 5.74) is 1.14. The van der Waals surface area contributed by atoms with Gasteiger partial charge in [-0.1, -0.05) is 29.8 Å². The second-order valence-corrected chi connectivity index (χ2v) is 17.6. The molecule has 3 aliphatic heterocycles. The summed E-state index contributed by atoms with van der Waals surface area (Å²) in [7, 11) is -4.36. The molecule has 256 valence electrons. The predicted molar refractivity (Wildman–Crippen MR) is 182 cm³/mol. The summed E-state index contributed by atoms with van der Waals surface area (Å²) < 4.78 is 59.4. The minimum Gasteiger partial charge on any atom is -0.465 e. The number of halogens is 2. The first-order valence-electron chi connectivity index (χ1n) is 15.5. The fourth-order valence-electron chi connectivity index (χ4n) is 7.10. The molecule has 2 aromatic carbocycles. The Hall–Kier alpha value is -2.14. The van der Waals surface area contributed by atoms with Crippen LogP contribution in [0.3, 0.4) is 0 Å². The van der Waals surface area contributed by atoms with Crippen LogP contribution in [0.4, 0.5) is 14.9 Å². The zero-order chi connectivity index (χ0) is 33.2. The monoisotopic (exact) mass is 702 g/mol. The number of carbonyl (C=O) groups is 2. The highest BCUT2D eigenvalue weighted by molar-refractivity contribution is 8.24. The first kappa shape index (κ1) is 35.2. The van der Waals surface area contributed by atoms with Gasteiger partial charge in [-0.25, -0.2) is 13.5 Å². The third-order valence-electron chi connectivity index (χ3n) is 9.62. The van der Waals surface area contributed by atoms with E-state index < -0.39 is 51.1 Å². The van der Waals surface area contributed by atoms with Gasteiger partial charge in [0.15, 0.2) is 0 Å². The molecule has 3 aliphatic rings. The Morgan fingerprint density at radius 1 is 1.09 bits per heavy atom. The maximum atomic E-state index is 15.4. The average molecular weight is 703 g/mol. The topological polar surface area (TPSA) is 166 Å². The summed E-state index contributed by atoms with van der Waals surface area (Å²) in [6, 6.07) is 9.88. The lowest BCUT2D eigenvalue weighted by Gasteiger charge is -2.49. The summed E-state index contributed by atoms with van der Waals surface area (Å²) in [4.78, 5) is 27.5. The summed E-state index contributed by atoms with van der Waals surface area (Å²) >= 11 is 6.16. The van der Waals surface area contributed by atoms with E-state index in [1.165, 1.54) is 19.2 Å². The molecule has 0 radical (unpaired) electrons. The first-order valence-corrected chi connectivity index (χ1v) is 19.5. The number of likely N-dealkylation sites (N-methyl/N-ethyl adjacent to an activating group) is 1. The fourth-order valence-corrected chi connectivity index (χ4v) is 10.7. The number of rotatable bonds is 9. The number of carboxylic acid groups (broad SMARTS) is 1. The third-order valence-corrected chi connectivity index (χ3v) is 13.7. The van der Waals surface area contributed by atoms with E-state index in [4.69, 9.17) is 11.6 Å². The molecule has 5 rings (SSSR count). The Bertz CT molecular complexity index is 1400. The molecule has 3 saturated heterocycles. The van der Waals surface area contributed by atoms with E-state index in [9.17, 15) is 32.9 Å². The first-order chi connectivity index (χ1) is 21.8. The van der Waals surface area contributed by atoms with Gasteiger partial charge in [0.25, 0.3) is 0 Å². The Kier molecular flexibility index (Phi) is 11.1. The molecular weight excluding hydrogens is 659 g/mol. The van der Waals surface area contributed by atoms with E-state index in [1.807, 2.05) is 0 Å². The number of hydrogen-bond acceptors (Lipinski definition) is 8. The van der Waals surface area contributed by atoms with Crippen molar-refractivity contribution < 1.29 is 37.3 Å². The van der Waals surface area contributed by atoms with Crippen molar-refractivity contribution in [2.75, 3.05) is 42.7 Å². The van der Waals surface area contributed by atoms with Crippen LogP contribution in [-0.2, 0) is 11.2 Å². The van der Waals surface area contributed by atoms with Crippen LogP contribution in [0.15, 0.2) is 42.5 Å². The molecule has 2 amide bonds. The second kappa shape index (κ2) is 14.5. The van der Waals surface area contributed by atoms with E-state index in [-0.39, 0.29) is 47.2 Å². The molecule has 0 spiro atoms. The molecule has 15 heteroatoms. The van der Waals surface area contributed by atoms with Crippen LogP contribution >= 0.6 is 33.0 Å². The number of nitrogens with zero attached hydrogens (tertiary/aromatic N) is 2. The van der Waals surface area contributed by atoms with E-state index >= 15 is 4.39 Å². The zero-order valence-corrected chi connectivity index (χ0v) is 28.1. The van der Waals surface area contributed by atoms with Crippen LogP contribution < -0.4 is 10.6 Å². The Morgan fingerprint density at radius 3 is 2.46 bits per heavy atom. The maximum Gasteiger partial charge on any atom is 0.407 e. The highest BCUT2D eigenvalue weighted by Crippen LogP contribution is 2.51. The zero-order valence-electron chi connectivity index (χ0n) is 25.7. The molecule has 0 aliphatic carbocycles. The van der Waals surface area contributed by atoms with E-state index in [2.05, 4.69) is 10.6 Å². The molecule has 2 aromatic rings. The number of hydrogen-bond donors (Lipinski definition) is 7. The van der Waals surface area contributed by atoms with E-state index in [1.54, 1.807) is 34.6 Å². The molecule has 7 N–H and O–H groups in total. The van der Waals surface area contributed by atoms with Crippen molar-refractivity contribution in [2.24, 2.45) is 5.92 Å². The smallest absolute Gasteiger partial charge is 0.407 e. The largest absolute Gasteiger partial charge is 0.465 e. The quantitative estimate of drug-likeness (QED) is 0.157. The van der Waals surface area contributed by atoms with Gasteiger partial charge in [0, 0.05) is 65.9 Å². The minimum absolute atomic E-state index is 0.152. The molecule has 2 bridgehead atoms. The predicted octanol–water partition coefficient (Wildman–Crippen LogP) is 6.37. The van der Waals surface area contributed by atoms with Gasteiger partial charge in [0.1, 0.15) is 11.9 Å². The molecule has 3 heterocycles. The maximum absolute atomic E-state index is 15.4. The van der Waals surface area contributed by atoms with Gasteiger partial charge in [0.05, 0.1) is 5.75 Å². The van der Waals surface area contributed by atoms with Gasteiger partial charge in [-0.2, -0.15) is 10.6 Å². The number of benzene rings is 2. The van der Waals surface area contributed by atoms with Gasteiger partial charge < -0.3 is 15.7 Å². The SMILES string of the molecule is CN(C(=O)O)[C@H](C(=O)Nc1cccc(F)c1CC[C@H]1CNC2CCCS(O)(O)N1C2)[C@@H](c1ccc(Cl)cc1)C1CCS(O)(O)CC1. The summed E-state index contributed by atoms with van der Waals surface area (Å²) in [6.07, 6.45) is 1.60. The van der Waals surface area contributed by atoms with E-state index in [0.717, 1.165) is 11.3 Å². The fraction of sp³-hybridized carbons (Fsp3) is 0.548. The van der Waals surface area contributed by atoms with Gasteiger partial charge in [-0.15, -0.1) is 10.8 Å². The highest BCUT2D eigenvalue weighted by atomic mass is 35.5. The van der Waals surface area contributed by atoms with Crippen LogP contribution in [0.1, 0.15) is 49.1 Å². The minimum atomic E-state index is -2.94. The molecule has 46 heavy (non-hydrogen) atoms. The number of amides is 2. The Labute approximate surface area is 277 Å². The third kappa shape index (κ3) is 8.10. The van der Waals surface area contributed by atoms with Crippen molar-refractivity contribution >= 4 is 50.7 Å². The van der Waals surface area contributed by atoms with Gasteiger partial charge in [-0.3, -0.25) is 27.9 Å². The highest BCUT2D eigenvalue weighted by Gasteiger charge is 2.43. The van der Waals surface area contributed by atoms with Crippen molar-refractivity contribution in [1.29, 1.82) is 0 Å². The molecule has 3 fully saturated rings. The summed E-state index contributed by atoms with van der Waals surface area (Å²) in [5, 5.41) is 16.9. The van der Waals surface area contributed by atoms with Crippen molar-refractivity contribution in [3.63, 3.8) is 0 Å². The lowest BCUT2D eigenvalue weighted by Crippen LogP contribution is -2.55. The second-order valence-electron chi connectivity index (χ2n) is 12.6. The molecule has 0 aromatic heterocycles. The van der Waals surface area contributed by atoms with Crippen molar-refractivity contribution in [1.82, 2.24) is 14.5 Å². The standard InChI is InChI=1S/C31H44ClFN4O7S2/c1-36(31(39)40)29(28(20-7-9-22(32)10-8-20)21-13-16-45(41,42)17-14-21)30(38)35-27-6-2-5-26(33)25(27)12-11-24-18-34-23-4-3-15-46(43,44)37(24)19-23/h2,5-10,21,23-24,28-29,34,41-44H,3-4,11-19H2,1H3,(H,35,38)(H,39,40)/t23?,24-,28-,29-/m0/s1. The molecule has 5 atom stereocenters. The molecule has 0 saturated carbocycles. The number of anilines is 1. The normalized spacial score (nSPS) is 27.0. The van der Waals surface area contributed by atoms with Crippen molar-refractivity contribution in [2.45, 2.75) is 62.6 Å². The van der Waals surface area contributed by atoms with Crippen molar-refractivity contribution in [3.05, 3.63) is 64.4 Å². The summed E-state index contributed by atoms with van der Waals surface area (Å²) in [5.74, 6) is -1.47. The average Bonchev–Trinajstić information content (AvgIpc) is 3.11. The molecule has 11 nitrogen and oxygen atoms in total. The van der Waals surface area contributed by atoms with Gasteiger partial charge in [0.2, 0.25) is 5.91 Å². The number of fused-ring (bicyclic) bond motifs is 2. The van der Waals surface area contributed by atoms with Crippen LogP contribution in [0, 0.1) is 11.7 Å². The Balaban J connectivity index is 1.42. The van der Waals surface area contributed by atoms with Crippen LogP contribution in [-0.4, -0.2) is 100 Å². The van der Waals surface area contributed by atoms with Crippen molar-refractivity contribution in [3.8, 4) is 0 Å². The number of piperazine rings is 1. The van der Waals surface area contributed by atoms with E-state index in [0.29, 0.717) is 55.1 Å². The van der Waals surface area contributed by atoms with Crippen LogP contribution in [0.2, 0.25) is 5.02 Å². The molecular formula is C31H44ClFN4O7S2. The lowest BCUT2D eigenvalue weighted by atomic mass is 9.76. The van der Waals surface area contributed by atoms with Crippen LogP contribution in [0.25, 0.3) is 0 Å². The number of carbonyl (C=O) groups excluding carboxylic acids is 1. The summed E-state index contributed by atoms with van der Waals surface area (Å²) in [6.45, 7) is 1.02.